The number of fused-ring (bicyclic) bond motifs is 1. The molecule has 9 heteroatoms. The molecular weight excluding hydrogens is 424 g/mol. The summed E-state index contributed by atoms with van der Waals surface area (Å²) in [4.78, 5) is 26.4. The number of amides is 1. The number of aliphatic carboxylic acids is 1. The van der Waals surface area contributed by atoms with E-state index in [0.29, 0.717) is 19.4 Å². The normalized spacial score (nSPS) is 25.5. The van der Waals surface area contributed by atoms with Crippen molar-refractivity contribution < 1.29 is 23.1 Å². The molecule has 160 valence electrons. The lowest BCUT2D eigenvalue weighted by Gasteiger charge is -2.36. The molecular formula is C21H24N2O5S2. The highest BCUT2D eigenvalue weighted by Crippen LogP contribution is 2.32. The Morgan fingerprint density at radius 1 is 1.03 bits per heavy atom. The Hall–Kier alpha value is -2.10. The summed E-state index contributed by atoms with van der Waals surface area (Å²) >= 11 is 4.44. The lowest BCUT2D eigenvalue weighted by Crippen LogP contribution is -2.54. The lowest BCUT2D eigenvalue weighted by molar-refractivity contribution is -0.153. The molecule has 0 aliphatic carbocycles. The van der Waals surface area contributed by atoms with E-state index >= 15 is 0 Å². The Kier molecular flexibility index (Phi) is 5.78. The zero-order chi connectivity index (χ0) is 21.5. The van der Waals surface area contributed by atoms with Crippen LogP contribution in [0.3, 0.4) is 0 Å². The van der Waals surface area contributed by atoms with E-state index in [1.54, 1.807) is 18.2 Å². The summed E-state index contributed by atoms with van der Waals surface area (Å²) in [5.74, 6) is -1.49. The van der Waals surface area contributed by atoms with Crippen LogP contribution in [-0.4, -0.2) is 65.0 Å². The number of carbonyl (C=O) groups excluding carboxylic acids is 1. The molecule has 2 aromatic carbocycles. The van der Waals surface area contributed by atoms with Crippen LogP contribution in [0, 0.1) is 0 Å². The first-order chi connectivity index (χ1) is 14.3. The van der Waals surface area contributed by atoms with Gasteiger partial charge in [-0.25, -0.2) is 13.2 Å². The van der Waals surface area contributed by atoms with E-state index in [0.717, 1.165) is 17.2 Å². The van der Waals surface area contributed by atoms with Crippen LogP contribution < -0.4 is 0 Å². The second-order valence-corrected chi connectivity index (χ2v) is 10.5. The minimum absolute atomic E-state index is 0.111. The molecule has 1 amide bonds. The number of thiol groups is 1. The number of piperidine rings is 1. The van der Waals surface area contributed by atoms with Crippen molar-refractivity contribution >= 4 is 45.3 Å². The first-order valence-electron chi connectivity index (χ1n) is 10.0. The van der Waals surface area contributed by atoms with Gasteiger partial charge in [0.05, 0.1) is 4.90 Å². The van der Waals surface area contributed by atoms with Gasteiger partial charge in [0.1, 0.15) is 12.1 Å². The number of hydrogen-bond donors (Lipinski definition) is 2. The quantitative estimate of drug-likeness (QED) is 0.701. The van der Waals surface area contributed by atoms with Gasteiger partial charge in [-0.2, -0.15) is 16.9 Å². The van der Waals surface area contributed by atoms with E-state index in [9.17, 15) is 23.1 Å². The van der Waals surface area contributed by atoms with E-state index in [1.807, 2.05) is 24.3 Å². The number of benzene rings is 2. The number of carbonyl (C=O) groups is 2. The lowest BCUT2D eigenvalue weighted by atomic mass is 10.0. The fourth-order valence-electron chi connectivity index (χ4n) is 4.38. The highest BCUT2D eigenvalue weighted by atomic mass is 32.2. The highest BCUT2D eigenvalue weighted by molar-refractivity contribution is 7.89. The van der Waals surface area contributed by atoms with Gasteiger partial charge in [0.2, 0.25) is 15.9 Å². The molecule has 1 N–H and O–H groups in total. The molecule has 7 nitrogen and oxygen atoms in total. The van der Waals surface area contributed by atoms with Gasteiger partial charge in [0.15, 0.2) is 0 Å². The molecule has 0 radical (unpaired) electrons. The minimum Gasteiger partial charge on any atom is -0.480 e. The van der Waals surface area contributed by atoms with Crippen LogP contribution in [0.15, 0.2) is 47.4 Å². The van der Waals surface area contributed by atoms with Crippen LogP contribution in [0.2, 0.25) is 0 Å². The van der Waals surface area contributed by atoms with Crippen LogP contribution >= 0.6 is 12.6 Å². The Bertz CT molecular complexity index is 1090. The highest BCUT2D eigenvalue weighted by Gasteiger charge is 2.46. The van der Waals surface area contributed by atoms with Crippen molar-refractivity contribution in [2.45, 2.75) is 47.9 Å². The first-order valence-corrected chi connectivity index (χ1v) is 12.0. The number of carboxylic acid groups (broad SMARTS) is 1. The molecule has 30 heavy (non-hydrogen) atoms. The zero-order valence-electron chi connectivity index (χ0n) is 16.3. The molecule has 2 aliphatic heterocycles. The first kappa shape index (κ1) is 21.1. The molecule has 2 aromatic rings. The number of nitrogens with zero attached hydrogens (tertiary/aromatic N) is 2. The predicted octanol–water partition coefficient (Wildman–Crippen LogP) is 2.37. The minimum atomic E-state index is -3.94. The Balaban J connectivity index is 1.67. The van der Waals surface area contributed by atoms with Crippen molar-refractivity contribution in [2.24, 2.45) is 0 Å². The molecule has 3 atom stereocenters. The van der Waals surface area contributed by atoms with E-state index in [2.05, 4.69) is 12.6 Å². The van der Waals surface area contributed by atoms with Gasteiger partial charge in [-0.3, -0.25) is 4.79 Å². The maximum absolute atomic E-state index is 13.4. The number of likely N-dealkylation sites (tertiary alicyclic amines) is 1. The van der Waals surface area contributed by atoms with Crippen molar-refractivity contribution in [1.82, 2.24) is 9.21 Å². The maximum atomic E-state index is 13.4. The fourth-order valence-corrected chi connectivity index (χ4v) is 6.54. The van der Waals surface area contributed by atoms with E-state index < -0.39 is 34.0 Å². The molecule has 0 saturated carbocycles. The summed E-state index contributed by atoms with van der Waals surface area (Å²) in [6.45, 7) is 0.438. The van der Waals surface area contributed by atoms with Crippen LogP contribution in [-0.2, 0) is 19.6 Å². The second kappa shape index (κ2) is 8.20. The van der Waals surface area contributed by atoms with Crippen molar-refractivity contribution in [3.63, 3.8) is 0 Å². The topological polar surface area (TPSA) is 95.0 Å². The van der Waals surface area contributed by atoms with Gasteiger partial charge in [0, 0.05) is 18.3 Å². The fraction of sp³-hybridized carbons (Fsp3) is 0.429. The van der Waals surface area contributed by atoms with Gasteiger partial charge in [0.25, 0.3) is 0 Å². The SMILES string of the molecule is O=C(O)C1CCCCN1C(=O)[C@@H]1C[C@H](S)CN1S(=O)(=O)c1ccc2ccccc2c1. The van der Waals surface area contributed by atoms with Crippen LogP contribution in [0.5, 0.6) is 0 Å². The van der Waals surface area contributed by atoms with Crippen molar-refractivity contribution in [3.05, 3.63) is 42.5 Å². The van der Waals surface area contributed by atoms with Crippen molar-refractivity contribution in [1.29, 1.82) is 0 Å². The van der Waals surface area contributed by atoms with Gasteiger partial charge in [-0.1, -0.05) is 30.3 Å². The molecule has 1 unspecified atom stereocenters. The molecule has 0 spiro atoms. The van der Waals surface area contributed by atoms with Gasteiger partial charge < -0.3 is 10.0 Å². The molecule has 2 saturated heterocycles. The average molecular weight is 449 g/mol. The smallest absolute Gasteiger partial charge is 0.326 e. The van der Waals surface area contributed by atoms with E-state index in [1.165, 1.54) is 9.21 Å². The largest absolute Gasteiger partial charge is 0.480 e. The average Bonchev–Trinajstić information content (AvgIpc) is 3.15. The number of rotatable bonds is 4. The van der Waals surface area contributed by atoms with Gasteiger partial charge in [-0.05, 0) is 48.6 Å². The van der Waals surface area contributed by atoms with Gasteiger partial charge in [-0.15, -0.1) is 0 Å². The monoisotopic (exact) mass is 448 g/mol. The third kappa shape index (κ3) is 3.81. The number of sulfonamides is 1. The summed E-state index contributed by atoms with van der Waals surface area (Å²) in [6, 6.07) is 10.5. The molecule has 4 rings (SSSR count). The second-order valence-electron chi connectivity index (χ2n) is 7.87. The summed E-state index contributed by atoms with van der Waals surface area (Å²) in [6.07, 6.45) is 2.09. The van der Waals surface area contributed by atoms with Crippen LogP contribution in [0.25, 0.3) is 10.8 Å². The summed E-state index contributed by atoms with van der Waals surface area (Å²) in [5.41, 5.74) is 0. The Morgan fingerprint density at radius 2 is 1.77 bits per heavy atom. The number of carboxylic acids is 1. The molecule has 2 fully saturated rings. The summed E-state index contributed by atoms with van der Waals surface area (Å²) in [5, 5.41) is 10.9. The Labute approximate surface area is 181 Å². The molecule has 0 aromatic heterocycles. The van der Waals surface area contributed by atoms with Crippen molar-refractivity contribution in [2.75, 3.05) is 13.1 Å². The van der Waals surface area contributed by atoms with Crippen molar-refractivity contribution in [3.8, 4) is 0 Å². The summed E-state index contributed by atoms with van der Waals surface area (Å²) < 4.78 is 28.1. The Morgan fingerprint density at radius 3 is 2.50 bits per heavy atom. The van der Waals surface area contributed by atoms with Crippen LogP contribution in [0.1, 0.15) is 25.7 Å². The summed E-state index contributed by atoms with van der Waals surface area (Å²) in [7, 11) is -3.94. The van der Waals surface area contributed by atoms with E-state index in [4.69, 9.17) is 0 Å². The predicted molar refractivity (Wildman–Crippen MR) is 116 cm³/mol. The number of hydrogen-bond acceptors (Lipinski definition) is 5. The third-order valence-corrected chi connectivity index (χ3v) is 8.16. The van der Waals surface area contributed by atoms with Crippen LogP contribution in [0.4, 0.5) is 0 Å². The maximum Gasteiger partial charge on any atom is 0.326 e. The standard InChI is InChI=1S/C21H24N2O5S2/c24-20(22-10-4-3-7-18(22)21(25)26)19-12-16(29)13-23(19)30(27,28)17-9-8-14-5-1-2-6-15(14)11-17/h1-2,5-6,8-9,11,16,18-19,29H,3-4,7,10,12-13H2,(H,25,26)/t16-,18?,19-/m0/s1. The van der Waals surface area contributed by atoms with E-state index in [-0.39, 0.29) is 23.1 Å². The van der Waals surface area contributed by atoms with Gasteiger partial charge >= 0.3 is 5.97 Å². The molecule has 2 aliphatic rings. The zero-order valence-corrected chi connectivity index (χ0v) is 18.1. The third-order valence-electron chi connectivity index (χ3n) is 5.92. The molecule has 0 bridgehead atoms. The molecule has 2 heterocycles.